The highest BCUT2D eigenvalue weighted by Gasteiger charge is 2.28. The fourth-order valence-electron chi connectivity index (χ4n) is 3.44. The summed E-state index contributed by atoms with van der Waals surface area (Å²) >= 11 is 3.70. The molecule has 118 valence electrons. The van der Waals surface area contributed by atoms with Gasteiger partial charge < -0.3 is 10.1 Å². The van der Waals surface area contributed by atoms with E-state index in [0.717, 1.165) is 30.6 Å². The molecule has 0 heterocycles. The van der Waals surface area contributed by atoms with E-state index in [2.05, 4.69) is 47.2 Å². The van der Waals surface area contributed by atoms with Crippen LogP contribution >= 0.6 is 15.9 Å². The lowest BCUT2D eigenvalue weighted by Gasteiger charge is -2.36. The van der Waals surface area contributed by atoms with E-state index in [0.29, 0.717) is 6.04 Å². The van der Waals surface area contributed by atoms with E-state index in [1.807, 2.05) is 6.07 Å². The van der Waals surface area contributed by atoms with Crippen LogP contribution in [0.25, 0.3) is 0 Å². The molecule has 1 saturated carbocycles. The normalized spacial score (nSPS) is 25.8. The van der Waals surface area contributed by atoms with Gasteiger partial charge in [0.15, 0.2) is 0 Å². The van der Waals surface area contributed by atoms with Crippen molar-refractivity contribution in [2.75, 3.05) is 13.7 Å². The van der Waals surface area contributed by atoms with Crippen LogP contribution in [-0.2, 0) is 6.42 Å². The third-order valence-electron chi connectivity index (χ3n) is 4.64. The van der Waals surface area contributed by atoms with Gasteiger partial charge in [-0.1, -0.05) is 29.8 Å². The number of hydrogen-bond acceptors (Lipinski definition) is 2. The van der Waals surface area contributed by atoms with Gasteiger partial charge in [0.05, 0.1) is 7.11 Å². The summed E-state index contributed by atoms with van der Waals surface area (Å²) < 4.78 is 6.58. The summed E-state index contributed by atoms with van der Waals surface area (Å²) in [6, 6.07) is 6.97. The molecule has 0 bridgehead atoms. The van der Waals surface area contributed by atoms with Crippen LogP contribution in [-0.4, -0.2) is 19.7 Å². The van der Waals surface area contributed by atoms with E-state index < -0.39 is 0 Å². The van der Waals surface area contributed by atoms with Gasteiger partial charge in [-0.2, -0.15) is 0 Å². The molecule has 1 aromatic rings. The molecule has 2 rings (SSSR count). The fourth-order valence-corrected chi connectivity index (χ4v) is 3.85. The van der Waals surface area contributed by atoms with Gasteiger partial charge in [0.25, 0.3) is 0 Å². The molecule has 1 N–H and O–H groups in total. The van der Waals surface area contributed by atoms with Crippen molar-refractivity contribution in [3.8, 4) is 5.75 Å². The molecule has 0 aliphatic heterocycles. The molecule has 3 unspecified atom stereocenters. The third kappa shape index (κ3) is 4.72. The minimum Gasteiger partial charge on any atom is -0.497 e. The van der Waals surface area contributed by atoms with Gasteiger partial charge in [-0.25, -0.2) is 0 Å². The van der Waals surface area contributed by atoms with Crippen LogP contribution < -0.4 is 10.1 Å². The van der Waals surface area contributed by atoms with Crippen molar-refractivity contribution in [2.45, 2.75) is 52.0 Å². The second-order valence-corrected chi connectivity index (χ2v) is 7.25. The maximum Gasteiger partial charge on any atom is 0.119 e. The van der Waals surface area contributed by atoms with Gasteiger partial charge in [0, 0.05) is 10.5 Å². The Labute approximate surface area is 137 Å². The number of rotatable bonds is 6. The molecule has 3 atom stereocenters. The summed E-state index contributed by atoms with van der Waals surface area (Å²) in [5, 5.41) is 3.76. The second kappa shape index (κ2) is 8.19. The average molecular weight is 354 g/mol. The Morgan fingerprint density at radius 2 is 2.14 bits per heavy atom. The lowest BCUT2D eigenvalue weighted by Crippen LogP contribution is -2.41. The van der Waals surface area contributed by atoms with Crippen LogP contribution in [0.5, 0.6) is 5.75 Å². The van der Waals surface area contributed by atoms with Crippen molar-refractivity contribution in [1.29, 1.82) is 0 Å². The molecule has 0 radical (unpaired) electrons. The molecule has 2 nitrogen and oxygen atoms in total. The van der Waals surface area contributed by atoms with Gasteiger partial charge in [-0.15, -0.1) is 0 Å². The van der Waals surface area contributed by atoms with Crippen molar-refractivity contribution < 1.29 is 4.74 Å². The first-order valence-electron chi connectivity index (χ1n) is 8.19. The van der Waals surface area contributed by atoms with Crippen LogP contribution in [0.4, 0.5) is 0 Å². The van der Waals surface area contributed by atoms with Crippen molar-refractivity contribution >= 4 is 15.9 Å². The van der Waals surface area contributed by atoms with Gasteiger partial charge in [-0.05, 0) is 74.2 Å². The zero-order valence-electron chi connectivity index (χ0n) is 13.5. The van der Waals surface area contributed by atoms with Gasteiger partial charge in [-0.3, -0.25) is 0 Å². The lowest BCUT2D eigenvalue weighted by atomic mass is 9.76. The number of ether oxygens (including phenoxy) is 1. The Kier molecular flexibility index (Phi) is 6.56. The van der Waals surface area contributed by atoms with Crippen molar-refractivity contribution in [1.82, 2.24) is 5.32 Å². The highest BCUT2D eigenvalue weighted by Crippen LogP contribution is 2.34. The van der Waals surface area contributed by atoms with Crippen LogP contribution in [0, 0.1) is 11.8 Å². The summed E-state index contributed by atoms with van der Waals surface area (Å²) in [5.74, 6) is 2.53. The largest absolute Gasteiger partial charge is 0.497 e. The summed E-state index contributed by atoms with van der Waals surface area (Å²) in [7, 11) is 1.74. The number of hydrogen-bond donors (Lipinski definition) is 1. The number of benzene rings is 1. The molecule has 1 fully saturated rings. The zero-order valence-corrected chi connectivity index (χ0v) is 15.1. The minimum absolute atomic E-state index is 0.666. The monoisotopic (exact) mass is 353 g/mol. The minimum atomic E-state index is 0.666. The predicted octanol–water partition coefficient (Wildman–Crippen LogP) is 4.80. The standard InChI is InChI=1S/C18H28BrNO/c1-4-9-20-18-8-5-13(2)10-15(18)11-14-12-16(21-3)6-7-17(14)19/h6-7,12-13,15,18,20H,4-5,8-11H2,1-3H3. The van der Waals surface area contributed by atoms with Crippen molar-refractivity contribution in [2.24, 2.45) is 11.8 Å². The molecular weight excluding hydrogens is 326 g/mol. The van der Waals surface area contributed by atoms with E-state index in [9.17, 15) is 0 Å². The molecule has 0 saturated heterocycles. The molecule has 0 amide bonds. The van der Waals surface area contributed by atoms with Crippen LogP contribution in [0.15, 0.2) is 22.7 Å². The van der Waals surface area contributed by atoms with E-state index >= 15 is 0 Å². The van der Waals surface area contributed by atoms with E-state index in [1.54, 1.807) is 7.11 Å². The summed E-state index contributed by atoms with van der Waals surface area (Å²) in [4.78, 5) is 0. The van der Waals surface area contributed by atoms with Crippen molar-refractivity contribution in [3.63, 3.8) is 0 Å². The molecular formula is C18H28BrNO. The Balaban J connectivity index is 2.09. The van der Waals surface area contributed by atoms with Gasteiger partial charge in [0.1, 0.15) is 5.75 Å². The molecule has 3 heteroatoms. The van der Waals surface area contributed by atoms with Crippen LogP contribution in [0.2, 0.25) is 0 Å². The number of methoxy groups -OCH3 is 1. The zero-order chi connectivity index (χ0) is 15.2. The third-order valence-corrected chi connectivity index (χ3v) is 5.41. The van der Waals surface area contributed by atoms with E-state index in [1.165, 1.54) is 35.7 Å². The summed E-state index contributed by atoms with van der Waals surface area (Å²) in [6.45, 7) is 5.77. The Bertz CT molecular complexity index is 447. The lowest BCUT2D eigenvalue weighted by molar-refractivity contribution is 0.212. The molecule has 1 aliphatic carbocycles. The highest BCUT2D eigenvalue weighted by atomic mass is 79.9. The highest BCUT2D eigenvalue weighted by molar-refractivity contribution is 9.10. The smallest absolute Gasteiger partial charge is 0.119 e. The second-order valence-electron chi connectivity index (χ2n) is 6.40. The van der Waals surface area contributed by atoms with Gasteiger partial charge in [0.2, 0.25) is 0 Å². The maximum absolute atomic E-state index is 5.38. The topological polar surface area (TPSA) is 21.3 Å². The molecule has 1 aliphatic rings. The quantitative estimate of drug-likeness (QED) is 0.792. The first kappa shape index (κ1) is 16.8. The maximum atomic E-state index is 5.38. The van der Waals surface area contributed by atoms with E-state index in [-0.39, 0.29) is 0 Å². The Hall–Kier alpha value is -0.540. The summed E-state index contributed by atoms with van der Waals surface area (Å²) in [6.07, 6.45) is 6.33. The SMILES string of the molecule is CCCNC1CCC(C)CC1Cc1cc(OC)ccc1Br. The molecule has 0 aromatic heterocycles. The van der Waals surface area contributed by atoms with Crippen molar-refractivity contribution in [3.05, 3.63) is 28.2 Å². The molecule has 21 heavy (non-hydrogen) atoms. The van der Waals surface area contributed by atoms with Crippen LogP contribution in [0.1, 0.15) is 45.1 Å². The van der Waals surface area contributed by atoms with Crippen LogP contribution in [0.3, 0.4) is 0 Å². The number of nitrogens with one attached hydrogen (secondary N) is 1. The first-order chi connectivity index (χ1) is 10.1. The van der Waals surface area contributed by atoms with Gasteiger partial charge >= 0.3 is 0 Å². The molecule has 1 aromatic carbocycles. The molecule has 0 spiro atoms. The Morgan fingerprint density at radius 1 is 1.33 bits per heavy atom. The first-order valence-corrected chi connectivity index (χ1v) is 8.99. The fraction of sp³-hybridized carbons (Fsp3) is 0.667. The number of halogens is 1. The Morgan fingerprint density at radius 3 is 2.86 bits per heavy atom. The summed E-state index contributed by atoms with van der Waals surface area (Å²) in [5.41, 5.74) is 1.37. The average Bonchev–Trinajstić information content (AvgIpc) is 2.49. The van der Waals surface area contributed by atoms with E-state index in [4.69, 9.17) is 4.74 Å². The predicted molar refractivity (Wildman–Crippen MR) is 93.0 cm³/mol.